The summed E-state index contributed by atoms with van der Waals surface area (Å²) in [7, 11) is 0. The minimum Gasteiger partial charge on any atom is -0.381 e. The third-order valence-electron chi connectivity index (χ3n) is 4.26. The summed E-state index contributed by atoms with van der Waals surface area (Å²) in [6, 6.07) is 6.96. The van der Waals surface area contributed by atoms with E-state index in [2.05, 4.69) is 40.6 Å². The Morgan fingerprint density at radius 1 is 1.33 bits per heavy atom. The van der Waals surface area contributed by atoms with Gasteiger partial charge < -0.3 is 5.32 Å². The van der Waals surface area contributed by atoms with E-state index in [1.807, 2.05) is 6.20 Å². The molecule has 1 fully saturated rings. The van der Waals surface area contributed by atoms with Crippen molar-refractivity contribution in [1.82, 2.24) is 10.2 Å². The molecule has 1 aromatic heterocycles. The molecule has 1 aliphatic carbocycles. The monoisotopic (exact) mass is 243 g/mol. The summed E-state index contributed by atoms with van der Waals surface area (Å²) in [6.45, 7) is 2.31. The molecule has 3 rings (SSSR count). The van der Waals surface area contributed by atoms with Crippen LogP contribution in [0.15, 0.2) is 24.4 Å². The second kappa shape index (κ2) is 5.01. The largest absolute Gasteiger partial charge is 0.381 e. The summed E-state index contributed by atoms with van der Waals surface area (Å²) < 4.78 is 0. The van der Waals surface area contributed by atoms with Crippen molar-refractivity contribution in [3.8, 4) is 0 Å². The van der Waals surface area contributed by atoms with Crippen LogP contribution in [0.2, 0.25) is 0 Å². The average Bonchev–Trinajstić information content (AvgIpc) is 2.89. The van der Waals surface area contributed by atoms with E-state index in [1.54, 1.807) is 0 Å². The lowest BCUT2D eigenvalue weighted by molar-refractivity contribution is 0.317. The Hall–Kier alpha value is -1.51. The first-order valence-electron chi connectivity index (χ1n) is 7.07. The van der Waals surface area contributed by atoms with E-state index in [0.717, 1.165) is 11.4 Å². The highest BCUT2D eigenvalue weighted by Gasteiger charge is 2.23. The lowest BCUT2D eigenvalue weighted by Crippen LogP contribution is -2.31. The first kappa shape index (κ1) is 11.6. The summed E-state index contributed by atoms with van der Waals surface area (Å²) in [4.78, 5) is 0. The molecule has 1 aliphatic rings. The van der Waals surface area contributed by atoms with Gasteiger partial charge in [-0.15, -0.1) is 0 Å². The second-order valence-corrected chi connectivity index (χ2v) is 5.34. The van der Waals surface area contributed by atoms with Gasteiger partial charge >= 0.3 is 0 Å². The predicted molar refractivity (Wildman–Crippen MR) is 75.8 cm³/mol. The van der Waals surface area contributed by atoms with Gasteiger partial charge in [-0.3, -0.25) is 5.10 Å². The molecule has 0 spiro atoms. The highest BCUT2D eigenvalue weighted by molar-refractivity contribution is 5.90. The van der Waals surface area contributed by atoms with Gasteiger partial charge in [0.2, 0.25) is 0 Å². The van der Waals surface area contributed by atoms with E-state index >= 15 is 0 Å². The summed E-state index contributed by atoms with van der Waals surface area (Å²) in [5, 5.41) is 12.1. The Morgan fingerprint density at radius 2 is 2.22 bits per heavy atom. The maximum atomic E-state index is 4.13. The number of hydrogen-bond donors (Lipinski definition) is 2. The topological polar surface area (TPSA) is 40.7 Å². The summed E-state index contributed by atoms with van der Waals surface area (Å²) in [6.07, 6.45) is 8.62. The molecule has 2 N–H and O–H groups in total. The smallest absolute Gasteiger partial charge is 0.0671 e. The maximum absolute atomic E-state index is 4.13. The standard InChI is InChI=1S/C15H21N3/c1-2-11-6-3-4-7-13(11)17-14-8-5-9-15-12(14)10-16-18-15/h5,8-11,13,17H,2-4,6-7H2,1H3,(H,16,18). The highest BCUT2D eigenvalue weighted by atomic mass is 15.1. The molecule has 0 aliphatic heterocycles. The summed E-state index contributed by atoms with van der Waals surface area (Å²) in [5.74, 6) is 0.820. The van der Waals surface area contributed by atoms with Crippen molar-refractivity contribution in [2.75, 3.05) is 5.32 Å². The molecule has 1 heterocycles. The van der Waals surface area contributed by atoms with Gasteiger partial charge in [0, 0.05) is 17.1 Å². The van der Waals surface area contributed by atoms with Crippen LogP contribution in [-0.2, 0) is 0 Å². The van der Waals surface area contributed by atoms with Gasteiger partial charge in [-0.2, -0.15) is 5.10 Å². The Kier molecular flexibility index (Phi) is 3.22. The van der Waals surface area contributed by atoms with Crippen molar-refractivity contribution in [3.05, 3.63) is 24.4 Å². The van der Waals surface area contributed by atoms with Crippen LogP contribution in [0.25, 0.3) is 10.9 Å². The number of aromatic nitrogens is 2. The number of benzene rings is 1. The molecule has 3 heteroatoms. The number of anilines is 1. The first-order chi connectivity index (χ1) is 8.88. The zero-order valence-corrected chi connectivity index (χ0v) is 10.9. The molecule has 3 nitrogen and oxygen atoms in total. The molecular formula is C15H21N3. The van der Waals surface area contributed by atoms with Gasteiger partial charge in [0.1, 0.15) is 0 Å². The summed E-state index contributed by atoms with van der Waals surface area (Å²) >= 11 is 0. The Labute approximate surface area is 108 Å². The minimum atomic E-state index is 0.629. The average molecular weight is 243 g/mol. The van der Waals surface area contributed by atoms with Crippen molar-refractivity contribution in [2.45, 2.75) is 45.1 Å². The van der Waals surface area contributed by atoms with Crippen LogP contribution in [0.4, 0.5) is 5.69 Å². The lowest BCUT2D eigenvalue weighted by atomic mass is 9.82. The van der Waals surface area contributed by atoms with Crippen LogP contribution in [0, 0.1) is 5.92 Å². The Morgan fingerprint density at radius 3 is 3.11 bits per heavy atom. The van der Waals surface area contributed by atoms with Crippen molar-refractivity contribution < 1.29 is 0 Å². The van der Waals surface area contributed by atoms with Crippen LogP contribution in [0.1, 0.15) is 39.0 Å². The third kappa shape index (κ3) is 2.09. The molecule has 0 amide bonds. The fourth-order valence-electron chi connectivity index (χ4n) is 3.18. The van der Waals surface area contributed by atoms with E-state index in [0.29, 0.717) is 6.04 Å². The molecule has 18 heavy (non-hydrogen) atoms. The van der Waals surface area contributed by atoms with E-state index in [4.69, 9.17) is 0 Å². The maximum Gasteiger partial charge on any atom is 0.0671 e. The fourth-order valence-corrected chi connectivity index (χ4v) is 3.18. The molecule has 96 valence electrons. The van der Waals surface area contributed by atoms with Crippen molar-refractivity contribution >= 4 is 16.6 Å². The van der Waals surface area contributed by atoms with Gasteiger partial charge in [0.25, 0.3) is 0 Å². The quantitative estimate of drug-likeness (QED) is 0.857. The van der Waals surface area contributed by atoms with Crippen LogP contribution >= 0.6 is 0 Å². The van der Waals surface area contributed by atoms with E-state index < -0.39 is 0 Å². The van der Waals surface area contributed by atoms with Crippen molar-refractivity contribution in [2.24, 2.45) is 5.92 Å². The Balaban J connectivity index is 1.84. The molecule has 2 aromatic rings. The number of nitrogens with zero attached hydrogens (tertiary/aromatic N) is 1. The molecule has 0 radical (unpaired) electrons. The predicted octanol–water partition coefficient (Wildman–Crippen LogP) is 3.94. The number of rotatable bonds is 3. The number of hydrogen-bond acceptors (Lipinski definition) is 2. The highest BCUT2D eigenvalue weighted by Crippen LogP contribution is 2.31. The number of aromatic amines is 1. The lowest BCUT2D eigenvalue weighted by Gasteiger charge is -2.32. The molecule has 0 saturated heterocycles. The Bertz CT molecular complexity index is 517. The van der Waals surface area contributed by atoms with Crippen LogP contribution in [0.5, 0.6) is 0 Å². The second-order valence-electron chi connectivity index (χ2n) is 5.34. The fraction of sp³-hybridized carbons (Fsp3) is 0.533. The van der Waals surface area contributed by atoms with Gasteiger partial charge in [-0.1, -0.05) is 32.3 Å². The number of H-pyrrole nitrogens is 1. The molecule has 2 atom stereocenters. The molecule has 2 unspecified atom stereocenters. The van der Waals surface area contributed by atoms with Gasteiger partial charge in [-0.05, 0) is 30.9 Å². The molecular weight excluding hydrogens is 222 g/mol. The van der Waals surface area contributed by atoms with Gasteiger partial charge in [0.15, 0.2) is 0 Å². The molecule has 0 bridgehead atoms. The van der Waals surface area contributed by atoms with Crippen molar-refractivity contribution in [1.29, 1.82) is 0 Å². The molecule has 1 saturated carbocycles. The van der Waals surface area contributed by atoms with Gasteiger partial charge in [0.05, 0.1) is 11.7 Å². The van der Waals surface area contributed by atoms with Crippen LogP contribution in [-0.4, -0.2) is 16.2 Å². The zero-order chi connectivity index (χ0) is 12.4. The minimum absolute atomic E-state index is 0.629. The zero-order valence-electron chi connectivity index (χ0n) is 10.9. The molecule has 1 aromatic carbocycles. The van der Waals surface area contributed by atoms with Crippen molar-refractivity contribution in [3.63, 3.8) is 0 Å². The summed E-state index contributed by atoms with van der Waals surface area (Å²) in [5.41, 5.74) is 2.34. The van der Waals surface area contributed by atoms with E-state index in [-0.39, 0.29) is 0 Å². The third-order valence-corrected chi connectivity index (χ3v) is 4.26. The SMILES string of the molecule is CCC1CCCCC1Nc1cccc2[nH]ncc12. The number of fused-ring (bicyclic) bond motifs is 1. The van der Waals surface area contributed by atoms with Crippen LogP contribution in [0.3, 0.4) is 0 Å². The first-order valence-corrected chi connectivity index (χ1v) is 7.07. The van der Waals surface area contributed by atoms with E-state index in [1.165, 1.54) is 43.2 Å². The van der Waals surface area contributed by atoms with E-state index in [9.17, 15) is 0 Å². The normalized spacial score (nSPS) is 24.3. The van der Waals surface area contributed by atoms with Crippen LogP contribution < -0.4 is 5.32 Å². The number of nitrogens with one attached hydrogen (secondary N) is 2. The van der Waals surface area contributed by atoms with Gasteiger partial charge in [-0.25, -0.2) is 0 Å².